The minimum absolute atomic E-state index is 0.0986. The Hall–Kier alpha value is -3.54. The summed E-state index contributed by atoms with van der Waals surface area (Å²) in [6.45, 7) is 3.42. The minimum Gasteiger partial charge on any atom is -0.338 e. The quantitative estimate of drug-likeness (QED) is 0.522. The lowest BCUT2D eigenvalue weighted by atomic mass is 9.96. The molecule has 1 fully saturated rings. The number of amides is 1. The van der Waals surface area contributed by atoms with Crippen molar-refractivity contribution in [2.24, 2.45) is 0 Å². The van der Waals surface area contributed by atoms with Crippen LogP contribution in [0.15, 0.2) is 67.1 Å². The highest BCUT2D eigenvalue weighted by atomic mass is 16.2. The Balaban J connectivity index is 1.40. The van der Waals surface area contributed by atoms with Gasteiger partial charge in [-0.25, -0.2) is 9.50 Å². The van der Waals surface area contributed by atoms with Gasteiger partial charge < -0.3 is 4.90 Å². The van der Waals surface area contributed by atoms with Crippen molar-refractivity contribution in [1.82, 2.24) is 24.5 Å². The molecule has 0 bridgehead atoms. The fourth-order valence-electron chi connectivity index (χ4n) is 4.14. The van der Waals surface area contributed by atoms with E-state index in [1.54, 1.807) is 12.4 Å². The van der Waals surface area contributed by atoms with Gasteiger partial charge >= 0.3 is 0 Å². The van der Waals surface area contributed by atoms with Crippen molar-refractivity contribution in [2.75, 3.05) is 13.1 Å². The molecule has 150 valence electrons. The fourth-order valence-corrected chi connectivity index (χ4v) is 4.14. The molecule has 4 aromatic rings. The van der Waals surface area contributed by atoms with Crippen LogP contribution < -0.4 is 0 Å². The maximum atomic E-state index is 13.0. The Morgan fingerprint density at radius 1 is 1.03 bits per heavy atom. The van der Waals surface area contributed by atoms with Gasteiger partial charge in [0, 0.05) is 48.7 Å². The van der Waals surface area contributed by atoms with Crippen molar-refractivity contribution in [3.63, 3.8) is 0 Å². The van der Waals surface area contributed by atoms with Crippen LogP contribution in [0, 0.1) is 6.92 Å². The van der Waals surface area contributed by atoms with Gasteiger partial charge in [-0.2, -0.15) is 5.10 Å². The molecule has 5 rings (SSSR count). The van der Waals surface area contributed by atoms with E-state index in [4.69, 9.17) is 10.1 Å². The molecule has 1 amide bonds. The normalized spacial score (nSPS) is 16.7. The second-order valence-electron chi connectivity index (χ2n) is 7.83. The number of fused-ring (bicyclic) bond motifs is 1. The first-order chi connectivity index (χ1) is 14.7. The molecule has 6 nitrogen and oxygen atoms in total. The SMILES string of the molecule is Cc1ccccc1C(=O)N1CCC[C@@H](c2nc3ccc(-c4ccncc4)cn3n2)C1. The van der Waals surface area contributed by atoms with Crippen LogP contribution in [0.25, 0.3) is 16.8 Å². The smallest absolute Gasteiger partial charge is 0.254 e. The summed E-state index contributed by atoms with van der Waals surface area (Å²) in [6, 6.07) is 15.8. The third-order valence-corrected chi connectivity index (χ3v) is 5.81. The molecule has 1 saturated heterocycles. The van der Waals surface area contributed by atoms with Gasteiger partial charge in [-0.05, 0) is 61.2 Å². The summed E-state index contributed by atoms with van der Waals surface area (Å²) < 4.78 is 1.84. The molecule has 0 radical (unpaired) electrons. The molecule has 30 heavy (non-hydrogen) atoms. The molecule has 1 aliphatic heterocycles. The highest BCUT2D eigenvalue weighted by Gasteiger charge is 2.28. The molecular formula is C24H23N5O. The molecule has 0 aliphatic carbocycles. The first-order valence-electron chi connectivity index (χ1n) is 10.3. The van der Waals surface area contributed by atoms with Gasteiger partial charge in [0.05, 0.1) is 0 Å². The Morgan fingerprint density at radius 3 is 2.70 bits per heavy atom. The predicted octanol–water partition coefficient (Wildman–Crippen LogP) is 4.12. The van der Waals surface area contributed by atoms with Crippen LogP contribution in [0.5, 0.6) is 0 Å². The monoisotopic (exact) mass is 397 g/mol. The van der Waals surface area contributed by atoms with Gasteiger partial charge in [0.2, 0.25) is 0 Å². The molecule has 0 N–H and O–H groups in total. The summed E-state index contributed by atoms with van der Waals surface area (Å²) in [5.74, 6) is 1.06. The maximum Gasteiger partial charge on any atom is 0.254 e. The first-order valence-corrected chi connectivity index (χ1v) is 10.3. The van der Waals surface area contributed by atoms with E-state index in [0.29, 0.717) is 6.54 Å². The second-order valence-corrected chi connectivity index (χ2v) is 7.83. The van der Waals surface area contributed by atoms with Crippen molar-refractivity contribution < 1.29 is 4.79 Å². The number of rotatable bonds is 3. The number of likely N-dealkylation sites (tertiary alicyclic amines) is 1. The lowest BCUT2D eigenvalue weighted by molar-refractivity contribution is 0.0704. The lowest BCUT2D eigenvalue weighted by Gasteiger charge is -2.31. The zero-order chi connectivity index (χ0) is 20.5. The van der Waals surface area contributed by atoms with E-state index >= 15 is 0 Å². The van der Waals surface area contributed by atoms with Crippen molar-refractivity contribution in [3.8, 4) is 11.1 Å². The molecule has 1 aliphatic rings. The molecule has 0 unspecified atom stereocenters. The summed E-state index contributed by atoms with van der Waals surface area (Å²) in [7, 11) is 0. The van der Waals surface area contributed by atoms with Gasteiger partial charge in [-0.15, -0.1) is 0 Å². The van der Waals surface area contributed by atoms with E-state index < -0.39 is 0 Å². The molecule has 6 heteroatoms. The number of nitrogens with zero attached hydrogens (tertiary/aromatic N) is 5. The Labute approximate surface area is 175 Å². The summed E-state index contributed by atoms with van der Waals surface area (Å²) >= 11 is 0. The average Bonchev–Trinajstić information content (AvgIpc) is 3.23. The molecule has 0 spiro atoms. The molecule has 4 heterocycles. The van der Waals surface area contributed by atoms with Crippen LogP contribution in [-0.2, 0) is 0 Å². The molecule has 1 atom stereocenters. The Morgan fingerprint density at radius 2 is 1.87 bits per heavy atom. The fraction of sp³-hybridized carbons (Fsp3) is 0.250. The summed E-state index contributed by atoms with van der Waals surface area (Å²) in [5.41, 5.74) is 4.78. The van der Waals surface area contributed by atoms with Crippen molar-refractivity contribution in [1.29, 1.82) is 0 Å². The van der Waals surface area contributed by atoms with Crippen LogP contribution >= 0.6 is 0 Å². The van der Waals surface area contributed by atoms with E-state index in [1.807, 2.05) is 65.0 Å². The number of carbonyl (C=O) groups is 1. The van der Waals surface area contributed by atoms with E-state index in [2.05, 4.69) is 11.1 Å². The molecular weight excluding hydrogens is 374 g/mol. The van der Waals surface area contributed by atoms with Crippen LogP contribution in [0.2, 0.25) is 0 Å². The van der Waals surface area contributed by atoms with Crippen LogP contribution in [0.1, 0.15) is 40.5 Å². The van der Waals surface area contributed by atoms with Gasteiger partial charge in [0.15, 0.2) is 11.5 Å². The topological polar surface area (TPSA) is 63.4 Å². The van der Waals surface area contributed by atoms with Crippen LogP contribution in [-0.4, -0.2) is 43.5 Å². The van der Waals surface area contributed by atoms with Crippen molar-refractivity contribution in [3.05, 3.63) is 84.1 Å². The Kier molecular flexibility index (Phi) is 4.75. The standard InChI is InChI=1S/C24H23N5O/c1-17-5-2-3-7-21(17)24(30)28-14-4-6-20(15-28)23-26-22-9-8-19(16-29(22)27-23)18-10-12-25-13-11-18/h2-3,5,7-13,16,20H,4,6,14-15H2,1H3/t20-/m1/s1. The third-order valence-electron chi connectivity index (χ3n) is 5.81. The lowest BCUT2D eigenvalue weighted by Crippen LogP contribution is -2.39. The predicted molar refractivity (Wildman–Crippen MR) is 115 cm³/mol. The maximum absolute atomic E-state index is 13.0. The van der Waals surface area contributed by atoms with Crippen molar-refractivity contribution in [2.45, 2.75) is 25.7 Å². The largest absolute Gasteiger partial charge is 0.338 e. The first kappa shape index (κ1) is 18.5. The number of pyridine rings is 2. The highest BCUT2D eigenvalue weighted by molar-refractivity contribution is 5.95. The second kappa shape index (κ2) is 7.71. The van der Waals surface area contributed by atoms with E-state index in [0.717, 1.165) is 53.1 Å². The van der Waals surface area contributed by atoms with E-state index in [1.165, 1.54) is 0 Å². The van der Waals surface area contributed by atoms with Crippen LogP contribution in [0.4, 0.5) is 0 Å². The van der Waals surface area contributed by atoms with Gasteiger partial charge in [0.25, 0.3) is 5.91 Å². The van der Waals surface area contributed by atoms with Crippen molar-refractivity contribution >= 4 is 11.6 Å². The number of carbonyl (C=O) groups excluding carboxylic acids is 1. The number of hydrogen-bond donors (Lipinski definition) is 0. The number of aromatic nitrogens is 4. The number of piperidine rings is 1. The highest BCUT2D eigenvalue weighted by Crippen LogP contribution is 2.27. The third kappa shape index (κ3) is 3.45. The zero-order valence-corrected chi connectivity index (χ0v) is 16.9. The summed E-state index contributed by atoms with van der Waals surface area (Å²) in [4.78, 5) is 23.8. The van der Waals surface area contributed by atoms with Crippen LogP contribution in [0.3, 0.4) is 0 Å². The average molecular weight is 397 g/mol. The zero-order valence-electron chi connectivity index (χ0n) is 16.9. The summed E-state index contributed by atoms with van der Waals surface area (Å²) in [6.07, 6.45) is 7.52. The number of hydrogen-bond acceptors (Lipinski definition) is 4. The van der Waals surface area contributed by atoms with Gasteiger partial charge in [-0.3, -0.25) is 9.78 Å². The molecule has 1 aromatic carbocycles. The summed E-state index contributed by atoms with van der Waals surface area (Å²) in [5, 5.41) is 4.76. The number of benzene rings is 1. The Bertz CT molecular complexity index is 1200. The van der Waals surface area contributed by atoms with Gasteiger partial charge in [0.1, 0.15) is 0 Å². The van der Waals surface area contributed by atoms with E-state index in [9.17, 15) is 4.79 Å². The van der Waals surface area contributed by atoms with Gasteiger partial charge in [-0.1, -0.05) is 18.2 Å². The number of aryl methyl sites for hydroxylation is 1. The molecule has 3 aromatic heterocycles. The minimum atomic E-state index is 0.0986. The van der Waals surface area contributed by atoms with E-state index in [-0.39, 0.29) is 11.8 Å². The molecule has 0 saturated carbocycles.